The van der Waals surface area contributed by atoms with E-state index in [1.54, 1.807) is 0 Å². The van der Waals surface area contributed by atoms with Crippen molar-refractivity contribution in [1.29, 1.82) is 0 Å². The van der Waals surface area contributed by atoms with Crippen LogP contribution in [0.15, 0.2) is 30.3 Å². The van der Waals surface area contributed by atoms with E-state index in [4.69, 9.17) is 0 Å². The third kappa shape index (κ3) is 5.33. The zero-order valence-electron chi connectivity index (χ0n) is 14.8. The predicted octanol–water partition coefficient (Wildman–Crippen LogP) is 2.75. The molecule has 0 aromatic heterocycles. The summed E-state index contributed by atoms with van der Waals surface area (Å²) < 4.78 is 0. The Morgan fingerprint density at radius 3 is 2.48 bits per heavy atom. The van der Waals surface area contributed by atoms with Crippen molar-refractivity contribution < 1.29 is 4.79 Å². The van der Waals surface area contributed by atoms with Crippen molar-refractivity contribution in [3.63, 3.8) is 0 Å². The number of benzene rings is 1. The molecule has 1 aliphatic rings. The highest BCUT2D eigenvalue weighted by Crippen LogP contribution is 2.21. The van der Waals surface area contributed by atoms with Gasteiger partial charge in [0.1, 0.15) is 0 Å². The van der Waals surface area contributed by atoms with E-state index in [1.165, 1.54) is 19.3 Å². The monoisotopic (exact) mass is 317 g/mol. The Balaban J connectivity index is 1.88. The fourth-order valence-electron chi connectivity index (χ4n) is 3.37. The van der Waals surface area contributed by atoms with Gasteiger partial charge in [0.05, 0.1) is 6.54 Å². The van der Waals surface area contributed by atoms with Crippen molar-refractivity contribution in [1.82, 2.24) is 10.2 Å². The minimum Gasteiger partial charge on any atom is -0.320 e. The molecule has 0 bridgehead atoms. The summed E-state index contributed by atoms with van der Waals surface area (Å²) in [6.45, 7) is 7.87. The Labute approximate surface area is 140 Å². The van der Waals surface area contributed by atoms with Gasteiger partial charge in [0.2, 0.25) is 5.91 Å². The molecule has 0 radical (unpaired) electrons. The van der Waals surface area contributed by atoms with Gasteiger partial charge >= 0.3 is 0 Å². The number of piperidine rings is 1. The number of amides is 1. The Morgan fingerprint density at radius 1 is 1.26 bits per heavy atom. The Morgan fingerprint density at radius 2 is 1.91 bits per heavy atom. The van der Waals surface area contributed by atoms with Crippen LogP contribution in [-0.4, -0.2) is 50.1 Å². The van der Waals surface area contributed by atoms with Crippen LogP contribution in [0.25, 0.3) is 0 Å². The maximum Gasteiger partial charge on any atom is 0.241 e. The lowest BCUT2D eigenvalue weighted by Crippen LogP contribution is -2.46. The van der Waals surface area contributed by atoms with Gasteiger partial charge in [0, 0.05) is 11.7 Å². The van der Waals surface area contributed by atoms with Crippen LogP contribution >= 0.6 is 0 Å². The molecule has 128 valence electrons. The third-order valence-electron chi connectivity index (χ3n) is 4.69. The molecule has 4 heteroatoms. The fraction of sp³-hybridized carbons (Fsp3) is 0.632. The Hall–Kier alpha value is -1.39. The maximum atomic E-state index is 12.8. The van der Waals surface area contributed by atoms with E-state index in [-0.39, 0.29) is 11.9 Å². The van der Waals surface area contributed by atoms with E-state index in [0.29, 0.717) is 6.54 Å². The minimum atomic E-state index is 0.179. The number of hydrogen-bond acceptors (Lipinski definition) is 3. The number of carbonyl (C=O) groups is 1. The molecule has 0 saturated carbocycles. The maximum absolute atomic E-state index is 12.8. The van der Waals surface area contributed by atoms with Crippen molar-refractivity contribution in [2.24, 2.45) is 5.92 Å². The summed E-state index contributed by atoms with van der Waals surface area (Å²) in [5.74, 6) is 1.02. The number of anilines is 1. The third-order valence-corrected chi connectivity index (χ3v) is 4.69. The summed E-state index contributed by atoms with van der Waals surface area (Å²) in [7, 11) is 2.01. The van der Waals surface area contributed by atoms with Gasteiger partial charge in [-0.2, -0.15) is 0 Å². The predicted molar refractivity (Wildman–Crippen MR) is 96.8 cm³/mol. The van der Waals surface area contributed by atoms with Crippen LogP contribution in [0, 0.1) is 5.92 Å². The number of nitrogens with zero attached hydrogens (tertiary/aromatic N) is 2. The van der Waals surface area contributed by atoms with E-state index >= 15 is 0 Å². The molecule has 0 aliphatic carbocycles. The lowest BCUT2D eigenvalue weighted by molar-refractivity contribution is -0.120. The molecular weight excluding hydrogens is 286 g/mol. The van der Waals surface area contributed by atoms with Gasteiger partial charge in [0.15, 0.2) is 0 Å². The van der Waals surface area contributed by atoms with Gasteiger partial charge in [-0.3, -0.25) is 9.69 Å². The SMILES string of the molecule is CNCCC1CCN(CC(=O)N(c2ccccc2)C(C)C)CC1. The van der Waals surface area contributed by atoms with Crippen LogP contribution in [0.3, 0.4) is 0 Å². The first-order valence-corrected chi connectivity index (χ1v) is 8.86. The number of likely N-dealkylation sites (tertiary alicyclic amines) is 1. The topological polar surface area (TPSA) is 35.6 Å². The lowest BCUT2D eigenvalue weighted by Gasteiger charge is -2.34. The molecule has 1 fully saturated rings. The van der Waals surface area contributed by atoms with Crippen LogP contribution < -0.4 is 10.2 Å². The van der Waals surface area contributed by atoms with Gasteiger partial charge < -0.3 is 10.2 Å². The van der Waals surface area contributed by atoms with Crippen LogP contribution in [0.5, 0.6) is 0 Å². The quantitative estimate of drug-likeness (QED) is 0.840. The van der Waals surface area contributed by atoms with Crippen molar-refractivity contribution >= 4 is 11.6 Å². The first-order valence-electron chi connectivity index (χ1n) is 8.86. The highest BCUT2D eigenvalue weighted by Gasteiger charge is 2.24. The smallest absolute Gasteiger partial charge is 0.241 e. The molecule has 0 unspecified atom stereocenters. The van der Waals surface area contributed by atoms with E-state index in [2.05, 4.69) is 24.1 Å². The van der Waals surface area contributed by atoms with E-state index in [1.807, 2.05) is 42.3 Å². The molecule has 1 heterocycles. The van der Waals surface area contributed by atoms with Gasteiger partial charge in [-0.1, -0.05) is 18.2 Å². The number of rotatable bonds is 7. The molecule has 1 N–H and O–H groups in total. The average Bonchev–Trinajstić information content (AvgIpc) is 2.55. The second kappa shape index (κ2) is 9.04. The van der Waals surface area contributed by atoms with Crippen molar-refractivity contribution in [3.05, 3.63) is 30.3 Å². The molecule has 1 saturated heterocycles. The summed E-state index contributed by atoms with van der Waals surface area (Å²) in [6.07, 6.45) is 3.67. The van der Waals surface area contributed by atoms with Crippen molar-refractivity contribution in [3.8, 4) is 0 Å². The van der Waals surface area contributed by atoms with Crippen LogP contribution in [0.4, 0.5) is 5.69 Å². The first-order chi connectivity index (χ1) is 11.1. The van der Waals surface area contributed by atoms with E-state index in [9.17, 15) is 4.79 Å². The van der Waals surface area contributed by atoms with Gasteiger partial charge in [-0.25, -0.2) is 0 Å². The Bertz CT molecular complexity index is 467. The number of nitrogens with one attached hydrogen (secondary N) is 1. The summed E-state index contributed by atoms with van der Waals surface area (Å²) in [4.78, 5) is 17.0. The second-order valence-electron chi connectivity index (χ2n) is 6.80. The molecule has 1 aromatic carbocycles. The summed E-state index contributed by atoms with van der Waals surface area (Å²) >= 11 is 0. The highest BCUT2D eigenvalue weighted by atomic mass is 16.2. The molecule has 4 nitrogen and oxygen atoms in total. The van der Waals surface area contributed by atoms with Crippen molar-refractivity contribution in [2.75, 3.05) is 38.1 Å². The standard InChI is InChI=1S/C19H31N3O/c1-16(2)22(18-7-5-4-6-8-18)19(23)15-21-13-10-17(11-14-21)9-12-20-3/h4-8,16-17,20H,9-15H2,1-3H3. The summed E-state index contributed by atoms with van der Waals surface area (Å²) in [5.41, 5.74) is 0.997. The van der Waals surface area contributed by atoms with E-state index < -0.39 is 0 Å². The molecule has 23 heavy (non-hydrogen) atoms. The molecule has 1 aliphatic heterocycles. The zero-order valence-corrected chi connectivity index (χ0v) is 14.8. The second-order valence-corrected chi connectivity index (χ2v) is 6.80. The fourth-order valence-corrected chi connectivity index (χ4v) is 3.37. The minimum absolute atomic E-state index is 0.179. The van der Waals surface area contributed by atoms with Crippen LogP contribution in [0.1, 0.15) is 33.1 Å². The number of para-hydroxylation sites is 1. The number of carbonyl (C=O) groups excluding carboxylic acids is 1. The number of hydrogen-bond donors (Lipinski definition) is 1. The molecule has 0 atom stereocenters. The largest absolute Gasteiger partial charge is 0.320 e. The van der Waals surface area contributed by atoms with Gasteiger partial charge in [-0.15, -0.1) is 0 Å². The van der Waals surface area contributed by atoms with E-state index in [0.717, 1.165) is 31.2 Å². The lowest BCUT2D eigenvalue weighted by atomic mass is 9.93. The summed E-state index contributed by atoms with van der Waals surface area (Å²) in [6, 6.07) is 10.2. The normalized spacial score (nSPS) is 16.7. The molecule has 0 spiro atoms. The van der Waals surface area contributed by atoms with Crippen LogP contribution in [-0.2, 0) is 4.79 Å². The first kappa shape index (κ1) is 18.0. The van der Waals surface area contributed by atoms with Crippen LogP contribution in [0.2, 0.25) is 0 Å². The van der Waals surface area contributed by atoms with Gasteiger partial charge in [0.25, 0.3) is 0 Å². The Kier molecular flexibility index (Phi) is 7.06. The summed E-state index contributed by atoms with van der Waals surface area (Å²) in [5, 5.41) is 3.23. The average molecular weight is 317 g/mol. The van der Waals surface area contributed by atoms with Crippen molar-refractivity contribution in [2.45, 2.75) is 39.2 Å². The molecule has 1 aromatic rings. The molecule has 1 amide bonds. The molecule has 2 rings (SSSR count). The molecular formula is C19H31N3O. The zero-order chi connectivity index (χ0) is 16.7. The highest BCUT2D eigenvalue weighted by molar-refractivity contribution is 5.95. The van der Waals surface area contributed by atoms with Gasteiger partial charge in [-0.05, 0) is 77.8 Å².